The molecule has 178 valence electrons. The van der Waals surface area contributed by atoms with Crippen LogP contribution in [0.25, 0.3) is 22.2 Å². The Labute approximate surface area is 195 Å². The molecule has 0 radical (unpaired) electrons. The molecule has 1 N–H and O–H groups in total. The van der Waals surface area contributed by atoms with Crippen molar-refractivity contribution in [2.45, 2.75) is 59.2 Å². The van der Waals surface area contributed by atoms with Crippen LogP contribution in [0.1, 0.15) is 50.9 Å². The van der Waals surface area contributed by atoms with E-state index in [0.717, 1.165) is 81.1 Å². The number of morpholine rings is 1. The number of anilines is 1. The van der Waals surface area contributed by atoms with Crippen LogP contribution >= 0.6 is 0 Å². The van der Waals surface area contributed by atoms with E-state index in [2.05, 4.69) is 47.9 Å². The molecule has 1 fully saturated rings. The quantitative estimate of drug-likeness (QED) is 0.538. The van der Waals surface area contributed by atoms with Crippen LogP contribution in [0.2, 0.25) is 0 Å². The summed E-state index contributed by atoms with van der Waals surface area (Å²) in [6.45, 7) is 14.9. The molecule has 8 nitrogen and oxygen atoms in total. The van der Waals surface area contributed by atoms with E-state index in [-0.39, 0.29) is 5.60 Å². The van der Waals surface area contributed by atoms with Gasteiger partial charge in [-0.05, 0) is 44.7 Å². The molecule has 0 bridgehead atoms. The van der Waals surface area contributed by atoms with Crippen LogP contribution in [-0.2, 0) is 28.9 Å². The molecule has 2 aliphatic heterocycles. The second-order valence-electron chi connectivity index (χ2n) is 10.3. The van der Waals surface area contributed by atoms with E-state index in [1.54, 1.807) is 6.33 Å². The summed E-state index contributed by atoms with van der Waals surface area (Å²) in [5.41, 5.74) is 5.52. The van der Waals surface area contributed by atoms with Crippen molar-refractivity contribution in [3.63, 3.8) is 0 Å². The number of hydrogen-bond acceptors (Lipinski definition) is 8. The Hall–Kier alpha value is -2.29. The van der Waals surface area contributed by atoms with Crippen LogP contribution in [0.3, 0.4) is 0 Å². The number of hydrogen-bond donors (Lipinski definition) is 1. The summed E-state index contributed by atoms with van der Waals surface area (Å²) in [7, 11) is 0. The molecule has 33 heavy (non-hydrogen) atoms. The van der Waals surface area contributed by atoms with Crippen LogP contribution in [0.4, 0.5) is 5.82 Å². The number of aromatic nitrogens is 3. The monoisotopic (exact) mass is 453 g/mol. The molecule has 2 aliphatic rings. The Balaban J connectivity index is 1.46. The molecule has 5 rings (SSSR count). The largest absolute Gasteiger partial charge is 0.432 e. The summed E-state index contributed by atoms with van der Waals surface area (Å²) in [6.07, 6.45) is 4.37. The van der Waals surface area contributed by atoms with Gasteiger partial charge in [-0.2, -0.15) is 0 Å². The molecule has 3 aromatic heterocycles. The third kappa shape index (κ3) is 4.69. The fourth-order valence-corrected chi connectivity index (χ4v) is 4.89. The van der Waals surface area contributed by atoms with Crippen LogP contribution in [0.15, 0.2) is 10.7 Å². The lowest BCUT2D eigenvalue weighted by Gasteiger charge is -2.33. The molecule has 0 amide bonds. The summed E-state index contributed by atoms with van der Waals surface area (Å²) >= 11 is 0. The first-order chi connectivity index (χ1) is 15.9. The van der Waals surface area contributed by atoms with E-state index in [9.17, 15) is 0 Å². The van der Waals surface area contributed by atoms with Crippen molar-refractivity contribution in [3.05, 3.63) is 23.1 Å². The minimum Gasteiger partial charge on any atom is -0.432 e. The topological polar surface area (TPSA) is 85.5 Å². The van der Waals surface area contributed by atoms with Gasteiger partial charge in [0.25, 0.3) is 0 Å². The van der Waals surface area contributed by atoms with Gasteiger partial charge in [0, 0.05) is 31.6 Å². The number of fused-ring (bicyclic) bond motifs is 5. The van der Waals surface area contributed by atoms with Crippen molar-refractivity contribution in [2.24, 2.45) is 5.92 Å². The van der Waals surface area contributed by atoms with Crippen LogP contribution in [-0.4, -0.2) is 64.8 Å². The highest BCUT2D eigenvalue weighted by molar-refractivity contribution is 6.06. The summed E-state index contributed by atoms with van der Waals surface area (Å²) in [5, 5.41) is 4.49. The standard InChI is InChI=1S/C25H35N5O3/c1-16(2)12-19-18-14-32-25(3,4)13-17(18)20-21-22(33-24(20)29-19)23(28-15-27-21)26-6-5-7-30-8-10-31-11-9-30/h15-16H,5-14H2,1-4H3,(H,26,27,28). The van der Waals surface area contributed by atoms with Gasteiger partial charge in [-0.15, -0.1) is 0 Å². The lowest BCUT2D eigenvalue weighted by molar-refractivity contribution is -0.0402. The van der Waals surface area contributed by atoms with E-state index in [1.165, 1.54) is 11.1 Å². The maximum absolute atomic E-state index is 6.32. The first kappa shape index (κ1) is 22.5. The molecular weight excluding hydrogens is 418 g/mol. The lowest BCUT2D eigenvalue weighted by Crippen LogP contribution is -2.37. The first-order valence-electron chi connectivity index (χ1n) is 12.2. The Morgan fingerprint density at radius 2 is 1.97 bits per heavy atom. The van der Waals surface area contributed by atoms with E-state index < -0.39 is 0 Å². The van der Waals surface area contributed by atoms with Crippen molar-refractivity contribution in [2.75, 3.05) is 44.7 Å². The maximum Gasteiger partial charge on any atom is 0.229 e. The van der Waals surface area contributed by atoms with Crippen molar-refractivity contribution < 1.29 is 13.9 Å². The molecule has 0 unspecified atom stereocenters. The van der Waals surface area contributed by atoms with Crippen LogP contribution in [0, 0.1) is 5.92 Å². The zero-order valence-electron chi connectivity index (χ0n) is 20.2. The fraction of sp³-hybridized carbons (Fsp3) is 0.640. The smallest absolute Gasteiger partial charge is 0.229 e. The van der Waals surface area contributed by atoms with Crippen molar-refractivity contribution in [3.8, 4) is 0 Å². The Morgan fingerprint density at radius 1 is 1.15 bits per heavy atom. The summed E-state index contributed by atoms with van der Waals surface area (Å²) < 4.78 is 17.9. The molecule has 5 heterocycles. The van der Waals surface area contributed by atoms with E-state index >= 15 is 0 Å². The van der Waals surface area contributed by atoms with Gasteiger partial charge in [0.1, 0.15) is 11.8 Å². The Bertz CT molecular complexity index is 1130. The molecule has 0 aromatic carbocycles. The van der Waals surface area contributed by atoms with Gasteiger partial charge in [0.2, 0.25) is 5.71 Å². The van der Waals surface area contributed by atoms with Gasteiger partial charge in [-0.3, -0.25) is 4.90 Å². The van der Waals surface area contributed by atoms with Crippen LogP contribution in [0.5, 0.6) is 0 Å². The molecule has 3 aromatic rings. The normalized spacial score (nSPS) is 18.8. The van der Waals surface area contributed by atoms with Crippen molar-refractivity contribution in [1.29, 1.82) is 0 Å². The SMILES string of the molecule is CC(C)Cc1nc2oc3c(NCCCN4CCOCC4)ncnc3c2c2c1COC(C)(C)C2. The average Bonchev–Trinajstić information content (AvgIpc) is 3.15. The summed E-state index contributed by atoms with van der Waals surface area (Å²) in [5.74, 6) is 1.24. The average molecular weight is 454 g/mol. The molecule has 1 saturated heterocycles. The molecular formula is C25H35N5O3. The fourth-order valence-electron chi connectivity index (χ4n) is 4.89. The predicted octanol–water partition coefficient (Wildman–Crippen LogP) is 3.96. The third-order valence-corrected chi connectivity index (χ3v) is 6.56. The van der Waals surface area contributed by atoms with E-state index in [0.29, 0.717) is 23.8 Å². The van der Waals surface area contributed by atoms with Gasteiger partial charge >= 0.3 is 0 Å². The van der Waals surface area contributed by atoms with Gasteiger partial charge < -0.3 is 19.2 Å². The summed E-state index contributed by atoms with van der Waals surface area (Å²) in [4.78, 5) is 16.5. The number of pyridine rings is 1. The predicted molar refractivity (Wildman–Crippen MR) is 129 cm³/mol. The van der Waals surface area contributed by atoms with Gasteiger partial charge in [0.05, 0.1) is 36.5 Å². The molecule has 8 heteroatoms. The maximum atomic E-state index is 6.32. The lowest BCUT2D eigenvalue weighted by atomic mass is 9.88. The third-order valence-electron chi connectivity index (χ3n) is 6.56. The van der Waals surface area contributed by atoms with E-state index in [4.69, 9.17) is 18.9 Å². The van der Waals surface area contributed by atoms with Gasteiger partial charge in [0.15, 0.2) is 11.4 Å². The van der Waals surface area contributed by atoms with Crippen LogP contribution < -0.4 is 5.32 Å². The van der Waals surface area contributed by atoms with Crippen molar-refractivity contribution in [1.82, 2.24) is 19.9 Å². The Morgan fingerprint density at radius 3 is 2.76 bits per heavy atom. The highest BCUT2D eigenvalue weighted by atomic mass is 16.5. The molecule has 0 atom stereocenters. The molecule has 0 spiro atoms. The number of rotatable bonds is 7. The van der Waals surface area contributed by atoms with Gasteiger partial charge in [-0.25, -0.2) is 15.0 Å². The number of furan rings is 1. The van der Waals surface area contributed by atoms with Gasteiger partial charge in [-0.1, -0.05) is 13.8 Å². The zero-order chi connectivity index (χ0) is 23.0. The minimum absolute atomic E-state index is 0.229. The number of ether oxygens (including phenoxy) is 2. The second-order valence-corrected chi connectivity index (χ2v) is 10.3. The zero-order valence-corrected chi connectivity index (χ0v) is 20.2. The highest BCUT2D eigenvalue weighted by Crippen LogP contribution is 2.39. The second kappa shape index (κ2) is 9.16. The minimum atomic E-state index is -0.229. The summed E-state index contributed by atoms with van der Waals surface area (Å²) in [6, 6.07) is 0. The Kier molecular flexibility index (Phi) is 6.24. The first-order valence-corrected chi connectivity index (χ1v) is 12.2. The number of nitrogens with one attached hydrogen (secondary N) is 1. The molecule has 0 aliphatic carbocycles. The van der Waals surface area contributed by atoms with Crippen molar-refractivity contribution >= 4 is 28.0 Å². The highest BCUT2D eigenvalue weighted by Gasteiger charge is 2.32. The number of nitrogens with zero attached hydrogens (tertiary/aromatic N) is 4. The van der Waals surface area contributed by atoms with E-state index in [1.807, 2.05) is 0 Å². The molecule has 0 saturated carbocycles.